The molecule has 2 aromatic heterocycles. The number of nitrogens with one attached hydrogen (secondary N) is 2. The summed E-state index contributed by atoms with van der Waals surface area (Å²) in [6.45, 7) is 0.785. The van der Waals surface area contributed by atoms with Crippen LogP contribution in [0.3, 0.4) is 0 Å². The van der Waals surface area contributed by atoms with Gasteiger partial charge in [0.05, 0.1) is 22.3 Å². The Morgan fingerprint density at radius 2 is 1.89 bits per heavy atom. The zero-order valence-corrected chi connectivity index (χ0v) is 19.9. The monoisotopic (exact) mass is 492 g/mol. The summed E-state index contributed by atoms with van der Waals surface area (Å²) in [4.78, 5) is 22.1. The minimum atomic E-state index is -0.440. The maximum atomic E-state index is 13.4. The van der Waals surface area contributed by atoms with Crippen LogP contribution < -0.4 is 10.6 Å². The lowest BCUT2D eigenvalue weighted by Gasteiger charge is -2.21. The highest BCUT2D eigenvalue weighted by Gasteiger charge is 2.22. The van der Waals surface area contributed by atoms with E-state index in [0.717, 1.165) is 29.7 Å². The van der Waals surface area contributed by atoms with Crippen molar-refractivity contribution in [3.63, 3.8) is 0 Å². The predicted octanol–water partition coefficient (Wildman–Crippen LogP) is 5.50. The van der Waals surface area contributed by atoms with Gasteiger partial charge in [0.2, 0.25) is 0 Å². The van der Waals surface area contributed by atoms with Crippen molar-refractivity contribution < 1.29 is 9.18 Å². The van der Waals surface area contributed by atoms with Gasteiger partial charge in [-0.25, -0.2) is 19.0 Å². The van der Waals surface area contributed by atoms with E-state index in [2.05, 4.69) is 15.7 Å². The van der Waals surface area contributed by atoms with Gasteiger partial charge in [0.1, 0.15) is 17.5 Å². The molecule has 1 saturated carbocycles. The number of aromatic nitrogens is 4. The van der Waals surface area contributed by atoms with Crippen molar-refractivity contribution in [2.75, 3.05) is 18.4 Å². The molecular weight excluding hydrogens is 467 g/mol. The highest BCUT2D eigenvalue weighted by Crippen LogP contribution is 2.34. The van der Waals surface area contributed by atoms with E-state index < -0.39 is 5.82 Å². The summed E-state index contributed by atoms with van der Waals surface area (Å²) in [6.07, 6.45) is 7.45. The van der Waals surface area contributed by atoms with Crippen LogP contribution in [0.4, 0.5) is 10.2 Å². The topological polar surface area (TPSA) is 84.7 Å². The second-order valence-corrected chi connectivity index (χ2v) is 9.11. The Morgan fingerprint density at radius 1 is 1.06 bits per heavy atom. The number of hydrogen-bond donors (Lipinski definition) is 2. The molecule has 1 aliphatic carbocycles. The molecule has 35 heavy (non-hydrogen) atoms. The average Bonchev–Trinajstić information content (AvgIpc) is 3.31. The van der Waals surface area contributed by atoms with Gasteiger partial charge in [-0.3, -0.25) is 4.79 Å². The number of carbonyl (C=O) groups excluding carboxylic acids is 1. The molecule has 0 atom stereocenters. The number of halogens is 2. The molecule has 2 aromatic carbocycles. The summed E-state index contributed by atoms with van der Waals surface area (Å²) < 4.78 is 15.2. The first-order valence-corrected chi connectivity index (χ1v) is 12.3. The normalized spacial score (nSPS) is 14.2. The molecule has 4 aromatic rings. The predicted molar refractivity (Wildman–Crippen MR) is 135 cm³/mol. The van der Waals surface area contributed by atoms with Crippen molar-refractivity contribution in [2.45, 2.75) is 38.0 Å². The molecule has 0 bridgehead atoms. The first-order chi connectivity index (χ1) is 17.1. The number of anilines is 1. The van der Waals surface area contributed by atoms with E-state index in [1.165, 1.54) is 37.5 Å². The minimum absolute atomic E-state index is 0.287. The summed E-state index contributed by atoms with van der Waals surface area (Å²) in [7, 11) is 0. The van der Waals surface area contributed by atoms with Gasteiger partial charge in [0.25, 0.3) is 5.91 Å². The number of hydrogen-bond acceptors (Lipinski definition) is 5. The molecule has 180 valence electrons. The smallest absolute Gasteiger partial charge is 0.251 e. The van der Waals surface area contributed by atoms with Gasteiger partial charge in [-0.2, -0.15) is 5.10 Å². The zero-order chi connectivity index (χ0) is 24.2. The lowest BCUT2D eigenvalue weighted by molar-refractivity contribution is 0.0954. The Balaban J connectivity index is 1.39. The molecule has 0 radical (unpaired) electrons. The van der Waals surface area contributed by atoms with E-state index in [4.69, 9.17) is 21.6 Å². The third kappa shape index (κ3) is 5.12. The molecule has 5 rings (SSSR count). The zero-order valence-electron chi connectivity index (χ0n) is 19.2. The van der Waals surface area contributed by atoms with Gasteiger partial charge in [-0.1, -0.05) is 49.1 Å². The first-order valence-electron chi connectivity index (χ1n) is 11.9. The Bertz CT molecular complexity index is 1350. The van der Waals surface area contributed by atoms with Crippen molar-refractivity contribution in [3.05, 3.63) is 77.0 Å². The van der Waals surface area contributed by atoms with Crippen LogP contribution in [0, 0.1) is 5.82 Å². The number of fused-ring (bicyclic) bond motifs is 1. The van der Waals surface area contributed by atoms with Gasteiger partial charge >= 0.3 is 0 Å². The third-order valence-electron chi connectivity index (χ3n) is 6.29. The number of benzene rings is 2. The number of nitrogens with zero attached hydrogens (tertiary/aromatic N) is 4. The fourth-order valence-corrected chi connectivity index (χ4v) is 4.71. The van der Waals surface area contributed by atoms with E-state index in [-0.39, 0.29) is 11.5 Å². The second-order valence-electron chi connectivity index (χ2n) is 8.70. The van der Waals surface area contributed by atoms with Crippen LogP contribution in [0.15, 0.2) is 54.7 Å². The van der Waals surface area contributed by atoms with Crippen LogP contribution in [0.2, 0.25) is 5.02 Å². The van der Waals surface area contributed by atoms with Crippen molar-refractivity contribution in [1.82, 2.24) is 25.1 Å². The van der Waals surface area contributed by atoms with E-state index in [0.29, 0.717) is 35.5 Å². The summed E-state index contributed by atoms with van der Waals surface area (Å²) >= 11 is 6.45. The van der Waals surface area contributed by atoms with Gasteiger partial charge in [0, 0.05) is 24.6 Å². The largest absolute Gasteiger partial charge is 0.368 e. The molecule has 2 N–H and O–H groups in total. The molecule has 0 saturated heterocycles. The molecule has 9 heteroatoms. The molecule has 0 aliphatic heterocycles. The average molecular weight is 493 g/mol. The molecular formula is C26H26ClFN6O. The maximum Gasteiger partial charge on any atom is 0.251 e. The van der Waals surface area contributed by atoms with Crippen LogP contribution in [0.5, 0.6) is 0 Å². The lowest BCUT2D eigenvalue weighted by Crippen LogP contribution is -2.29. The van der Waals surface area contributed by atoms with Crippen molar-refractivity contribution >= 4 is 34.4 Å². The Labute approximate surface area is 207 Å². The summed E-state index contributed by atoms with van der Waals surface area (Å²) in [6, 6.07) is 13.2. The SMILES string of the molecule is O=C(NCCNc1nc(C2CCCCC2)nc2c1cnn2-c1ccccc1Cl)c1cccc(F)c1. The molecule has 0 spiro atoms. The van der Waals surface area contributed by atoms with Crippen LogP contribution in [-0.2, 0) is 0 Å². The Morgan fingerprint density at radius 3 is 2.69 bits per heavy atom. The van der Waals surface area contributed by atoms with Crippen molar-refractivity contribution in [1.29, 1.82) is 0 Å². The van der Waals surface area contributed by atoms with E-state index >= 15 is 0 Å². The summed E-state index contributed by atoms with van der Waals surface area (Å²) in [5, 5.41) is 12.1. The van der Waals surface area contributed by atoms with Crippen molar-refractivity contribution in [2.24, 2.45) is 0 Å². The molecule has 1 fully saturated rings. The fraction of sp³-hybridized carbons (Fsp3) is 0.308. The van der Waals surface area contributed by atoms with Crippen LogP contribution in [-0.4, -0.2) is 38.7 Å². The lowest BCUT2D eigenvalue weighted by atomic mass is 9.88. The summed E-state index contributed by atoms with van der Waals surface area (Å²) in [5.41, 5.74) is 1.74. The number of carbonyl (C=O) groups is 1. The van der Waals surface area contributed by atoms with E-state index in [9.17, 15) is 9.18 Å². The maximum absolute atomic E-state index is 13.4. The van der Waals surface area contributed by atoms with E-state index in [1.807, 2.05) is 24.3 Å². The summed E-state index contributed by atoms with van der Waals surface area (Å²) in [5.74, 6) is 1.01. The fourth-order valence-electron chi connectivity index (χ4n) is 4.49. The van der Waals surface area contributed by atoms with Gasteiger partial charge in [0.15, 0.2) is 5.65 Å². The van der Waals surface area contributed by atoms with Gasteiger partial charge in [-0.05, 0) is 43.2 Å². The molecule has 1 amide bonds. The Kier molecular flexibility index (Phi) is 6.90. The molecule has 7 nitrogen and oxygen atoms in total. The number of amides is 1. The quantitative estimate of drug-likeness (QED) is 0.333. The van der Waals surface area contributed by atoms with Crippen LogP contribution >= 0.6 is 11.6 Å². The van der Waals surface area contributed by atoms with Gasteiger partial charge < -0.3 is 10.6 Å². The van der Waals surface area contributed by atoms with Gasteiger partial charge in [-0.15, -0.1) is 0 Å². The Hall–Kier alpha value is -3.52. The van der Waals surface area contributed by atoms with Crippen LogP contribution in [0.1, 0.15) is 54.2 Å². The molecule has 1 aliphatic rings. The molecule has 0 unspecified atom stereocenters. The standard InChI is InChI=1S/C26H26ClFN6O/c27-21-11-4-5-12-22(21)34-25-20(16-31-34)24(32-23(33-25)17-7-2-1-3-8-17)29-13-14-30-26(35)18-9-6-10-19(28)15-18/h4-6,9-12,15-17H,1-3,7-8,13-14H2,(H,30,35)(H,29,32,33). The number of para-hydroxylation sites is 1. The van der Waals surface area contributed by atoms with Crippen molar-refractivity contribution in [3.8, 4) is 5.69 Å². The minimum Gasteiger partial charge on any atom is -0.368 e. The first kappa shape index (κ1) is 23.2. The number of rotatable bonds is 7. The highest BCUT2D eigenvalue weighted by molar-refractivity contribution is 6.32. The highest BCUT2D eigenvalue weighted by atomic mass is 35.5. The second kappa shape index (κ2) is 10.4. The van der Waals surface area contributed by atoms with E-state index in [1.54, 1.807) is 16.9 Å². The molecule has 2 heterocycles. The van der Waals surface area contributed by atoms with Crippen LogP contribution in [0.25, 0.3) is 16.7 Å². The third-order valence-corrected chi connectivity index (χ3v) is 6.61.